The van der Waals surface area contributed by atoms with E-state index >= 15 is 0 Å². The number of hydrogen-bond donors (Lipinski definition) is 0. The van der Waals surface area contributed by atoms with E-state index in [1.54, 1.807) is 27.7 Å². The first-order valence-electron chi connectivity index (χ1n) is 13.3. The first kappa shape index (κ1) is 41.9. The normalized spacial score (nSPS) is 8.41. The molecular weight excluding hydrogens is 542 g/mol. The Morgan fingerprint density at radius 2 is 0.487 bits per heavy atom. The SMILES string of the molecule is [CH2-]C.[CH2-]C.[CH2-]C.[CH2-]C.[Ti+4].c1ccc(CPCc2ccccc2)cc1.c1ccc(CPCc2ccccc2)cc1. The minimum atomic E-state index is 0. The molecule has 0 unspecified atom stereocenters. The Morgan fingerprint density at radius 1 is 0.333 bits per heavy atom. The van der Waals surface area contributed by atoms with Crippen LogP contribution in [0.15, 0.2) is 121 Å². The van der Waals surface area contributed by atoms with E-state index in [4.69, 9.17) is 0 Å². The maximum absolute atomic E-state index is 3.25. The Morgan fingerprint density at radius 3 is 0.641 bits per heavy atom. The third kappa shape index (κ3) is 24.0. The second-order valence-corrected chi connectivity index (χ2v) is 9.56. The molecule has 208 valence electrons. The predicted molar refractivity (Wildman–Crippen MR) is 181 cm³/mol. The van der Waals surface area contributed by atoms with Crippen molar-refractivity contribution >= 4 is 17.2 Å². The van der Waals surface area contributed by atoms with E-state index in [0.717, 1.165) is 17.2 Å². The van der Waals surface area contributed by atoms with E-state index < -0.39 is 0 Å². The van der Waals surface area contributed by atoms with Crippen LogP contribution in [0.1, 0.15) is 49.9 Å². The molecule has 3 heteroatoms. The summed E-state index contributed by atoms with van der Waals surface area (Å²) in [5.74, 6) is 0. The summed E-state index contributed by atoms with van der Waals surface area (Å²) in [6.45, 7) is 20.0. The van der Waals surface area contributed by atoms with Gasteiger partial charge in [0, 0.05) is 0 Å². The summed E-state index contributed by atoms with van der Waals surface area (Å²) < 4.78 is 0. The molecule has 4 rings (SSSR count). The van der Waals surface area contributed by atoms with E-state index in [2.05, 4.69) is 149 Å². The molecule has 0 aliphatic carbocycles. The van der Waals surface area contributed by atoms with Crippen molar-refractivity contribution in [2.24, 2.45) is 0 Å². The first-order valence-corrected chi connectivity index (χ1v) is 16.1. The van der Waals surface area contributed by atoms with Gasteiger partial charge >= 0.3 is 21.7 Å². The Kier molecular flexibility index (Phi) is 37.1. The summed E-state index contributed by atoms with van der Waals surface area (Å²) in [6.07, 6.45) is 4.82. The average Bonchev–Trinajstić information content (AvgIpc) is 3.04. The van der Waals surface area contributed by atoms with Crippen molar-refractivity contribution in [2.45, 2.75) is 52.3 Å². The second kappa shape index (κ2) is 34.5. The average molecular weight is 593 g/mol. The topological polar surface area (TPSA) is 0 Å². The molecule has 0 radical (unpaired) electrons. The van der Waals surface area contributed by atoms with Crippen LogP contribution in [-0.4, -0.2) is 0 Å². The summed E-state index contributed by atoms with van der Waals surface area (Å²) in [7, 11) is 1.97. The smallest absolute Gasteiger partial charge is 0.346 e. The van der Waals surface area contributed by atoms with Crippen molar-refractivity contribution in [2.75, 3.05) is 0 Å². The monoisotopic (exact) mass is 592 g/mol. The number of benzene rings is 4. The Hall–Kier alpha value is -1.55. The fourth-order valence-corrected chi connectivity index (χ4v) is 5.43. The molecule has 0 nitrogen and oxygen atoms in total. The zero-order chi connectivity index (χ0) is 28.7. The fourth-order valence-electron chi connectivity index (χ4n) is 3.09. The summed E-state index contributed by atoms with van der Waals surface area (Å²) in [4.78, 5) is 0. The Balaban J connectivity index is -0.000000519. The standard InChI is InChI=1S/2C14H15P.4C2H5.Ti/c2*1-3-7-13(8-4-1)11-15-12-14-9-5-2-6-10-14;4*1-2;/h2*1-10,15H,11-12H2;4*1H2,2H3;/q;;4*-1;+4. The van der Waals surface area contributed by atoms with E-state index in [0.29, 0.717) is 0 Å². The molecule has 0 fully saturated rings. The Bertz CT molecular complexity index is 771. The van der Waals surface area contributed by atoms with Crippen LogP contribution in [0.4, 0.5) is 0 Å². The van der Waals surface area contributed by atoms with Gasteiger partial charge in [0.25, 0.3) is 0 Å². The molecule has 0 atom stereocenters. The van der Waals surface area contributed by atoms with Crippen LogP contribution >= 0.6 is 17.2 Å². The second-order valence-electron chi connectivity index (χ2n) is 7.15. The maximum Gasteiger partial charge on any atom is 4.00 e. The van der Waals surface area contributed by atoms with Gasteiger partial charge in [0.2, 0.25) is 0 Å². The molecule has 4 aromatic rings. The molecule has 0 heterocycles. The molecule has 0 spiro atoms. The fraction of sp³-hybridized carbons (Fsp3) is 0.222. The molecule has 0 bridgehead atoms. The first-order chi connectivity index (χ1) is 18.9. The van der Waals surface area contributed by atoms with Crippen molar-refractivity contribution < 1.29 is 21.7 Å². The van der Waals surface area contributed by atoms with Crippen LogP contribution in [0.25, 0.3) is 0 Å². The van der Waals surface area contributed by atoms with Crippen LogP contribution in [0.5, 0.6) is 0 Å². The summed E-state index contributed by atoms with van der Waals surface area (Å²) in [5.41, 5.74) is 5.80. The van der Waals surface area contributed by atoms with Crippen molar-refractivity contribution in [3.63, 3.8) is 0 Å². The van der Waals surface area contributed by atoms with E-state index in [1.807, 2.05) is 0 Å². The molecule has 0 amide bonds. The number of hydrogen-bond acceptors (Lipinski definition) is 0. The van der Waals surface area contributed by atoms with Crippen molar-refractivity contribution in [3.8, 4) is 0 Å². The van der Waals surface area contributed by atoms with Gasteiger partial charge in [0.05, 0.1) is 0 Å². The molecule has 39 heavy (non-hydrogen) atoms. The van der Waals surface area contributed by atoms with Gasteiger partial charge in [-0.25, -0.2) is 0 Å². The predicted octanol–water partition coefficient (Wildman–Crippen LogP) is 11.5. The summed E-state index contributed by atoms with van der Waals surface area (Å²) in [5, 5.41) is 0. The molecule has 0 aliphatic rings. The molecule has 4 aromatic carbocycles. The van der Waals surface area contributed by atoms with Crippen LogP contribution in [0.3, 0.4) is 0 Å². The molecule has 0 saturated carbocycles. The van der Waals surface area contributed by atoms with Gasteiger partial charge < -0.3 is 27.7 Å². The molecule has 0 aromatic heterocycles. The van der Waals surface area contributed by atoms with Crippen LogP contribution in [0.2, 0.25) is 0 Å². The quantitative estimate of drug-likeness (QED) is 0.108. The largest absolute Gasteiger partial charge is 4.00 e. The molecule has 0 N–H and O–H groups in total. The van der Waals surface area contributed by atoms with E-state index in [9.17, 15) is 0 Å². The summed E-state index contributed by atoms with van der Waals surface area (Å²) >= 11 is 0. The van der Waals surface area contributed by atoms with Crippen LogP contribution < -0.4 is 0 Å². The van der Waals surface area contributed by atoms with Gasteiger partial charge in [0.15, 0.2) is 0 Å². The van der Waals surface area contributed by atoms with Gasteiger partial charge in [-0.15, -0.1) is 17.2 Å². The van der Waals surface area contributed by atoms with E-state index in [-0.39, 0.29) is 21.7 Å². The molecule has 0 saturated heterocycles. The number of rotatable bonds is 8. The van der Waals surface area contributed by atoms with Gasteiger partial charge in [0.1, 0.15) is 0 Å². The van der Waals surface area contributed by atoms with Crippen molar-refractivity contribution in [3.05, 3.63) is 171 Å². The third-order valence-electron chi connectivity index (χ3n) is 4.69. The van der Waals surface area contributed by atoms with Crippen molar-refractivity contribution in [1.82, 2.24) is 0 Å². The third-order valence-corrected chi connectivity index (χ3v) is 7.32. The van der Waals surface area contributed by atoms with Crippen LogP contribution in [0, 0.1) is 27.7 Å². The van der Waals surface area contributed by atoms with Gasteiger partial charge in [-0.1, -0.05) is 121 Å². The van der Waals surface area contributed by atoms with Crippen LogP contribution in [-0.2, 0) is 46.4 Å². The maximum atomic E-state index is 3.25. The minimum Gasteiger partial charge on any atom is -0.346 e. The van der Waals surface area contributed by atoms with Gasteiger partial charge in [-0.05, 0) is 46.9 Å². The van der Waals surface area contributed by atoms with Gasteiger partial charge in [-0.2, -0.15) is 27.7 Å². The zero-order valence-corrected chi connectivity index (χ0v) is 28.3. The minimum absolute atomic E-state index is 0. The summed E-state index contributed by atoms with van der Waals surface area (Å²) in [6, 6.07) is 42.9. The van der Waals surface area contributed by atoms with Crippen molar-refractivity contribution in [1.29, 1.82) is 0 Å². The Labute approximate surface area is 261 Å². The van der Waals surface area contributed by atoms with Gasteiger partial charge in [-0.3, -0.25) is 0 Å². The molecular formula is C36H50P2Ti. The van der Waals surface area contributed by atoms with E-state index in [1.165, 1.54) is 46.9 Å². The molecule has 0 aliphatic heterocycles. The zero-order valence-electron chi connectivity index (χ0n) is 24.7.